The van der Waals surface area contributed by atoms with Gasteiger partial charge >= 0.3 is 0 Å². The molecule has 2 aliphatic rings. The van der Waals surface area contributed by atoms with Crippen molar-refractivity contribution >= 4 is 23.6 Å². The van der Waals surface area contributed by atoms with Gasteiger partial charge < -0.3 is 10.2 Å². The molecule has 0 spiro atoms. The Bertz CT molecular complexity index is 422. The lowest BCUT2D eigenvalue weighted by Gasteiger charge is -2.34. The summed E-state index contributed by atoms with van der Waals surface area (Å²) < 4.78 is 0. The van der Waals surface area contributed by atoms with Gasteiger partial charge in [-0.25, -0.2) is 0 Å². The molecular formula is C19H34N2O2S. The fourth-order valence-corrected chi connectivity index (χ4v) is 5.36. The Labute approximate surface area is 151 Å². The van der Waals surface area contributed by atoms with Crippen molar-refractivity contribution in [3.63, 3.8) is 0 Å². The van der Waals surface area contributed by atoms with Crippen molar-refractivity contribution in [1.82, 2.24) is 10.2 Å². The van der Waals surface area contributed by atoms with Crippen LogP contribution >= 0.6 is 11.8 Å². The van der Waals surface area contributed by atoms with Crippen LogP contribution in [-0.4, -0.2) is 40.4 Å². The Morgan fingerprint density at radius 3 is 2.54 bits per heavy atom. The molecule has 5 heteroatoms. The van der Waals surface area contributed by atoms with Gasteiger partial charge in [0.05, 0.1) is 5.37 Å². The summed E-state index contributed by atoms with van der Waals surface area (Å²) in [5, 5.41) is 3.21. The van der Waals surface area contributed by atoms with Crippen molar-refractivity contribution in [1.29, 1.82) is 0 Å². The summed E-state index contributed by atoms with van der Waals surface area (Å²) in [7, 11) is 0. The number of rotatable bonds is 7. The van der Waals surface area contributed by atoms with Crippen LogP contribution in [0.4, 0.5) is 0 Å². The maximum atomic E-state index is 13.2. The highest BCUT2D eigenvalue weighted by Gasteiger charge is 2.43. The Balaban J connectivity index is 2.07. The predicted octanol–water partition coefficient (Wildman–Crippen LogP) is 3.80. The highest BCUT2D eigenvalue weighted by molar-refractivity contribution is 8.00. The molecule has 138 valence electrons. The SMILES string of the molecule is CCCCNC(=O)C1CSC(CC(C)C)N1C(=O)C1CCCCC1. The molecule has 1 aliphatic carbocycles. The van der Waals surface area contributed by atoms with Crippen LogP contribution in [0.2, 0.25) is 0 Å². The lowest BCUT2D eigenvalue weighted by molar-refractivity contribution is -0.144. The Hall–Kier alpha value is -0.710. The van der Waals surface area contributed by atoms with Gasteiger partial charge in [-0.05, 0) is 31.6 Å². The molecule has 0 aromatic rings. The minimum absolute atomic E-state index is 0.0476. The quantitative estimate of drug-likeness (QED) is 0.708. The Morgan fingerprint density at radius 2 is 1.92 bits per heavy atom. The van der Waals surface area contributed by atoms with Gasteiger partial charge in [-0.1, -0.05) is 46.5 Å². The van der Waals surface area contributed by atoms with Crippen molar-refractivity contribution < 1.29 is 9.59 Å². The first-order valence-electron chi connectivity index (χ1n) is 9.76. The van der Waals surface area contributed by atoms with Crippen LogP contribution in [0, 0.1) is 11.8 Å². The third-order valence-corrected chi connectivity index (χ3v) is 6.42. The fraction of sp³-hybridized carbons (Fsp3) is 0.895. The lowest BCUT2D eigenvalue weighted by Crippen LogP contribution is -2.52. The zero-order chi connectivity index (χ0) is 17.5. The average molecular weight is 355 g/mol. The molecule has 4 nitrogen and oxygen atoms in total. The number of carbonyl (C=O) groups excluding carboxylic acids is 2. The summed E-state index contributed by atoms with van der Waals surface area (Å²) in [4.78, 5) is 27.8. The zero-order valence-electron chi connectivity index (χ0n) is 15.6. The second-order valence-electron chi connectivity index (χ2n) is 7.66. The van der Waals surface area contributed by atoms with E-state index in [4.69, 9.17) is 0 Å². The van der Waals surface area contributed by atoms with Gasteiger partial charge in [-0.3, -0.25) is 9.59 Å². The molecule has 2 fully saturated rings. The molecule has 1 N–H and O–H groups in total. The molecule has 0 bridgehead atoms. The van der Waals surface area contributed by atoms with Crippen LogP contribution in [0.3, 0.4) is 0 Å². The van der Waals surface area contributed by atoms with Crippen LogP contribution in [0.1, 0.15) is 72.1 Å². The van der Waals surface area contributed by atoms with E-state index in [0.29, 0.717) is 5.92 Å². The van der Waals surface area contributed by atoms with Gasteiger partial charge in [0, 0.05) is 18.2 Å². The average Bonchev–Trinajstić information content (AvgIpc) is 2.98. The maximum Gasteiger partial charge on any atom is 0.243 e. The maximum absolute atomic E-state index is 13.2. The van der Waals surface area contributed by atoms with Crippen LogP contribution in [0.15, 0.2) is 0 Å². The van der Waals surface area contributed by atoms with E-state index in [-0.39, 0.29) is 29.1 Å². The molecule has 1 heterocycles. The largest absolute Gasteiger partial charge is 0.354 e. The van der Waals surface area contributed by atoms with Crippen molar-refractivity contribution in [3.8, 4) is 0 Å². The van der Waals surface area contributed by atoms with E-state index in [1.807, 2.05) is 4.90 Å². The third kappa shape index (κ3) is 5.14. The summed E-state index contributed by atoms with van der Waals surface area (Å²) in [5.74, 6) is 1.70. The number of nitrogens with zero attached hydrogens (tertiary/aromatic N) is 1. The topological polar surface area (TPSA) is 49.4 Å². The minimum Gasteiger partial charge on any atom is -0.354 e. The molecule has 2 amide bonds. The molecule has 24 heavy (non-hydrogen) atoms. The first-order chi connectivity index (χ1) is 11.5. The van der Waals surface area contributed by atoms with Gasteiger partial charge in [0.15, 0.2) is 0 Å². The molecule has 1 saturated heterocycles. The number of hydrogen-bond acceptors (Lipinski definition) is 3. The molecule has 0 radical (unpaired) electrons. The number of carbonyl (C=O) groups is 2. The third-order valence-electron chi connectivity index (χ3n) is 5.11. The van der Waals surface area contributed by atoms with E-state index in [2.05, 4.69) is 26.1 Å². The Morgan fingerprint density at radius 1 is 1.21 bits per heavy atom. The van der Waals surface area contributed by atoms with E-state index in [9.17, 15) is 9.59 Å². The smallest absolute Gasteiger partial charge is 0.243 e. The summed E-state index contributed by atoms with van der Waals surface area (Å²) in [6.07, 6.45) is 8.59. The van der Waals surface area contributed by atoms with Crippen LogP contribution in [0.25, 0.3) is 0 Å². The van der Waals surface area contributed by atoms with Crippen molar-refractivity contribution in [3.05, 3.63) is 0 Å². The van der Waals surface area contributed by atoms with E-state index in [1.165, 1.54) is 6.42 Å². The molecule has 1 saturated carbocycles. The number of amides is 2. The highest BCUT2D eigenvalue weighted by atomic mass is 32.2. The van der Waals surface area contributed by atoms with Crippen LogP contribution in [0.5, 0.6) is 0 Å². The van der Waals surface area contributed by atoms with Gasteiger partial charge in [0.1, 0.15) is 6.04 Å². The first kappa shape index (κ1) is 19.6. The van der Waals surface area contributed by atoms with Crippen molar-refractivity contribution in [2.24, 2.45) is 11.8 Å². The number of unbranched alkanes of at least 4 members (excludes halogenated alkanes) is 1. The summed E-state index contributed by atoms with van der Waals surface area (Å²) in [6, 6.07) is -0.273. The van der Waals surface area contributed by atoms with E-state index < -0.39 is 0 Å². The van der Waals surface area contributed by atoms with Crippen molar-refractivity contribution in [2.45, 2.75) is 83.6 Å². The van der Waals surface area contributed by atoms with Crippen molar-refractivity contribution in [2.75, 3.05) is 12.3 Å². The molecular weight excluding hydrogens is 320 g/mol. The molecule has 1 aliphatic heterocycles. The van der Waals surface area contributed by atoms with Gasteiger partial charge in [-0.15, -0.1) is 11.8 Å². The monoisotopic (exact) mass is 354 g/mol. The van der Waals surface area contributed by atoms with Crippen LogP contribution < -0.4 is 5.32 Å². The van der Waals surface area contributed by atoms with E-state index in [1.54, 1.807) is 11.8 Å². The number of thioether (sulfide) groups is 1. The molecule has 2 unspecified atom stereocenters. The summed E-state index contributed by atoms with van der Waals surface area (Å²) in [6.45, 7) is 7.23. The highest BCUT2D eigenvalue weighted by Crippen LogP contribution is 2.37. The fourth-order valence-electron chi connectivity index (χ4n) is 3.71. The van der Waals surface area contributed by atoms with Gasteiger partial charge in [0.25, 0.3) is 0 Å². The lowest BCUT2D eigenvalue weighted by atomic mass is 9.87. The molecule has 0 aromatic heterocycles. The zero-order valence-corrected chi connectivity index (χ0v) is 16.4. The number of nitrogens with one attached hydrogen (secondary N) is 1. The second kappa shape index (κ2) is 9.69. The Kier molecular flexibility index (Phi) is 7.92. The first-order valence-corrected chi connectivity index (χ1v) is 10.8. The molecule has 2 rings (SSSR count). The minimum atomic E-state index is -0.273. The predicted molar refractivity (Wildman–Crippen MR) is 101 cm³/mol. The van der Waals surface area contributed by atoms with Gasteiger partial charge in [-0.2, -0.15) is 0 Å². The summed E-state index contributed by atoms with van der Waals surface area (Å²) >= 11 is 1.79. The summed E-state index contributed by atoms with van der Waals surface area (Å²) in [5.41, 5.74) is 0. The van der Waals surface area contributed by atoms with E-state index >= 15 is 0 Å². The normalized spacial score (nSPS) is 25.2. The molecule has 0 aromatic carbocycles. The second-order valence-corrected chi connectivity index (χ2v) is 8.87. The van der Waals surface area contributed by atoms with Crippen LogP contribution in [-0.2, 0) is 9.59 Å². The van der Waals surface area contributed by atoms with E-state index in [0.717, 1.165) is 57.2 Å². The standard InChI is InChI=1S/C19H34N2O2S/c1-4-5-11-20-18(22)16-13-24-17(12-14(2)3)21(16)19(23)15-9-7-6-8-10-15/h14-17H,4-13H2,1-3H3,(H,20,22). The molecule has 2 atom stereocenters. The number of hydrogen-bond donors (Lipinski definition) is 1. The van der Waals surface area contributed by atoms with Gasteiger partial charge in [0.2, 0.25) is 11.8 Å².